The van der Waals surface area contributed by atoms with E-state index in [1.165, 1.54) is 78.1 Å². The lowest BCUT2D eigenvalue weighted by molar-refractivity contribution is 0.194. The summed E-state index contributed by atoms with van der Waals surface area (Å²) in [5.41, 5.74) is 22.5. The minimum Gasteiger partial charge on any atom is -0.334 e. The molecule has 8 aromatic rings. The van der Waals surface area contributed by atoms with Crippen LogP contribution in [-0.2, 0) is 16.2 Å². The maximum atomic E-state index is 15.3. The van der Waals surface area contributed by atoms with Crippen LogP contribution in [0.15, 0.2) is 170 Å². The number of halogens is 1. The average molecular weight is 916 g/mol. The molecule has 2 atom stereocenters. The second-order valence-corrected chi connectivity index (χ2v) is 23.2. The average Bonchev–Trinajstić information content (AvgIpc) is 3.55. The molecule has 1 fully saturated rings. The summed E-state index contributed by atoms with van der Waals surface area (Å²) in [5, 5.41) is 0. The monoisotopic (exact) mass is 916 g/mol. The zero-order chi connectivity index (χ0) is 48.5. The molecule has 3 nitrogen and oxygen atoms in total. The minimum atomic E-state index is -0.230. The van der Waals surface area contributed by atoms with Crippen LogP contribution in [0.2, 0.25) is 0 Å². The van der Waals surface area contributed by atoms with Gasteiger partial charge in [-0.15, -0.1) is 0 Å². The highest BCUT2D eigenvalue weighted by Gasteiger charge is 2.58. The Morgan fingerprint density at radius 3 is 1.80 bits per heavy atom. The van der Waals surface area contributed by atoms with Crippen molar-refractivity contribution in [3.8, 4) is 22.3 Å². The van der Waals surface area contributed by atoms with Crippen molar-refractivity contribution in [2.75, 3.05) is 14.7 Å². The third kappa shape index (κ3) is 6.74. The maximum Gasteiger partial charge on any atom is 0.252 e. The second-order valence-electron chi connectivity index (χ2n) is 23.2. The molecule has 12 rings (SSSR count). The van der Waals surface area contributed by atoms with Gasteiger partial charge in [0.1, 0.15) is 5.82 Å². The summed E-state index contributed by atoms with van der Waals surface area (Å²) in [7, 11) is 0. The Bertz CT molecular complexity index is 3370. The van der Waals surface area contributed by atoms with Crippen LogP contribution >= 0.6 is 0 Å². The lowest BCUT2D eigenvalue weighted by atomic mass is 9.33. The molecule has 3 heterocycles. The molecule has 0 radical (unpaired) electrons. The van der Waals surface area contributed by atoms with Crippen LogP contribution in [0.1, 0.15) is 103 Å². The Labute approximate surface area is 415 Å². The molecule has 3 aliphatic heterocycles. The molecular formula is C65H63BFN3. The van der Waals surface area contributed by atoms with Crippen LogP contribution in [0.4, 0.5) is 49.9 Å². The molecule has 2 unspecified atom stereocenters. The van der Waals surface area contributed by atoms with Gasteiger partial charge in [-0.1, -0.05) is 158 Å². The summed E-state index contributed by atoms with van der Waals surface area (Å²) in [5.74, 6) is -0.159. The van der Waals surface area contributed by atoms with E-state index in [0.717, 1.165) is 54.0 Å². The number of aryl methyl sites for hydroxylation is 1. The summed E-state index contributed by atoms with van der Waals surface area (Å²) >= 11 is 0. The number of hydrogen-bond donors (Lipinski definition) is 0. The SMILES string of the molecule is Cc1cc2c3c(c1)N(c1ccc(C(C)(C)C)cc1-c1ccccc1)c1ccc(-c4ccccc4)cc1B3c1ccc(N3c4ccc(F)cc4C4(C)CCCCC34C)cc1N2c1ccc(C(C)(C)C)cc1. The van der Waals surface area contributed by atoms with Crippen LogP contribution in [0, 0.1) is 12.7 Å². The van der Waals surface area contributed by atoms with E-state index in [0.29, 0.717) is 0 Å². The van der Waals surface area contributed by atoms with Crippen LogP contribution in [-0.4, -0.2) is 12.3 Å². The smallest absolute Gasteiger partial charge is 0.252 e. The molecule has 8 aromatic carbocycles. The second kappa shape index (κ2) is 15.8. The van der Waals surface area contributed by atoms with E-state index in [9.17, 15) is 0 Å². The molecule has 1 aliphatic carbocycles. The summed E-state index contributed by atoms with van der Waals surface area (Å²) in [6, 6.07) is 63.1. The summed E-state index contributed by atoms with van der Waals surface area (Å²) in [6.07, 6.45) is 4.37. The van der Waals surface area contributed by atoms with Gasteiger partial charge >= 0.3 is 0 Å². The van der Waals surface area contributed by atoms with Crippen molar-refractivity contribution in [1.29, 1.82) is 0 Å². The van der Waals surface area contributed by atoms with Gasteiger partial charge in [0.05, 0.1) is 11.2 Å². The first-order valence-corrected chi connectivity index (χ1v) is 25.5. The highest BCUT2D eigenvalue weighted by Crippen LogP contribution is 2.61. The first-order chi connectivity index (χ1) is 33.5. The lowest BCUT2D eigenvalue weighted by Gasteiger charge is -2.50. The number of nitrogens with zero attached hydrogens (tertiary/aromatic N) is 3. The quantitative estimate of drug-likeness (QED) is 0.159. The van der Waals surface area contributed by atoms with Gasteiger partial charge in [0.15, 0.2) is 0 Å². The minimum absolute atomic E-state index is 0.00345. The van der Waals surface area contributed by atoms with Crippen LogP contribution in [0.3, 0.4) is 0 Å². The number of fused-ring (bicyclic) bond motifs is 7. The van der Waals surface area contributed by atoms with Gasteiger partial charge < -0.3 is 14.7 Å². The van der Waals surface area contributed by atoms with Crippen molar-refractivity contribution in [1.82, 2.24) is 0 Å². The van der Waals surface area contributed by atoms with E-state index in [2.05, 4.69) is 229 Å². The predicted octanol–water partition coefficient (Wildman–Crippen LogP) is 15.9. The van der Waals surface area contributed by atoms with Crippen molar-refractivity contribution in [3.63, 3.8) is 0 Å². The Balaban J connectivity index is 1.15. The van der Waals surface area contributed by atoms with E-state index in [1.807, 2.05) is 12.1 Å². The maximum absolute atomic E-state index is 15.3. The molecule has 0 aromatic heterocycles. The van der Waals surface area contributed by atoms with Gasteiger partial charge in [-0.25, -0.2) is 4.39 Å². The van der Waals surface area contributed by atoms with Crippen LogP contribution in [0.5, 0.6) is 0 Å². The van der Waals surface area contributed by atoms with Gasteiger partial charge in [0, 0.05) is 50.8 Å². The molecule has 0 saturated heterocycles. The van der Waals surface area contributed by atoms with Gasteiger partial charge in [0.2, 0.25) is 0 Å². The zero-order valence-electron chi connectivity index (χ0n) is 42.3. The molecule has 4 aliphatic rings. The summed E-state index contributed by atoms with van der Waals surface area (Å²) < 4.78 is 15.3. The number of hydrogen-bond acceptors (Lipinski definition) is 3. The van der Waals surface area contributed by atoms with Gasteiger partial charge in [0.25, 0.3) is 6.71 Å². The van der Waals surface area contributed by atoms with Crippen LogP contribution in [0.25, 0.3) is 22.3 Å². The fourth-order valence-corrected chi connectivity index (χ4v) is 12.9. The predicted molar refractivity (Wildman–Crippen MR) is 296 cm³/mol. The van der Waals surface area contributed by atoms with Crippen molar-refractivity contribution >= 4 is 68.6 Å². The Morgan fingerprint density at radius 2 is 1.10 bits per heavy atom. The number of benzene rings is 8. The lowest BCUT2D eigenvalue weighted by Crippen LogP contribution is -2.61. The molecule has 0 bridgehead atoms. The van der Waals surface area contributed by atoms with E-state index < -0.39 is 0 Å². The molecule has 1 saturated carbocycles. The normalized spacial score (nSPS) is 19.1. The largest absolute Gasteiger partial charge is 0.334 e. The Hall–Kier alpha value is -6.85. The number of rotatable bonds is 5. The molecule has 0 spiro atoms. The van der Waals surface area contributed by atoms with Crippen molar-refractivity contribution in [2.45, 2.75) is 110 Å². The third-order valence-corrected chi connectivity index (χ3v) is 16.8. The first kappa shape index (κ1) is 44.4. The molecular weight excluding hydrogens is 853 g/mol. The van der Waals surface area contributed by atoms with Gasteiger partial charge in [-0.2, -0.15) is 0 Å². The fraction of sp³-hybridized carbons (Fsp3) is 0.262. The van der Waals surface area contributed by atoms with Gasteiger partial charge in [-0.05, 0) is 166 Å². The molecule has 0 amide bonds. The summed E-state index contributed by atoms with van der Waals surface area (Å²) in [4.78, 5) is 7.73. The van der Waals surface area contributed by atoms with Crippen molar-refractivity contribution < 1.29 is 4.39 Å². The molecule has 0 N–H and O–H groups in total. The van der Waals surface area contributed by atoms with Crippen LogP contribution < -0.4 is 31.1 Å². The van der Waals surface area contributed by atoms with Gasteiger partial charge in [-0.3, -0.25) is 0 Å². The molecule has 5 heteroatoms. The van der Waals surface area contributed by atoms with Crippen molar-refractivity contribution in [2.24, 2.45) is 0 Å². The van der Waals surface area contributed by atoms with Crippen molar-refractivity contribution in [3.05, 3.63) is 198 Å². The third-order valence-electron chi connectivity index (χ3n) is 16.8. The highest BCUT2D eigenvalue weighted by atomic mass is 19.1. The van der Waals surface area contributed by atoms with E-state index in [4.69, 9.17) is 0 Å². The van der Waals surface area contributed by atoms with E-state index >= 15 is 4.39 Å². The standard InChI is InChI=1S/C65H63BFN3/c1-42-36-59-61-60(37-42)69(55-32-25-47(63(5,6)7)39-51(55)44-20-14-11-15-21-44)57-31-22-45(43-18-12-10-13-19-43)38-54(57)66(61)53-30-29-50(41-58(53)68(59)49-27-23-46(24-28-49)62(2,3)4)70-56-33-26-48(67)40-52(56)64(8)34-16-17-35-65(64,70)9/h10-15,18-33,36-41H,16-17,34-35H2,1-9H3. The fourth-order valence-electron chi connectivity index (χ4n) is 12.9. The Kier molecular flexibility index (Phi) is 10.0. The van der Waals surface area contributed by atoms with E-state index in [-0.39, 0.29) is 34.3 Å². The molecule has 348 valence electrons. The first-order valence-electron chi connectivity index (χ1n) is 25.5. The molecule has 70 heavy (non-hydrogen) atoms. The zero-order valence-corrected chi connectivity index (χ0v) is 42.3. The van der Waals surface area contributed by atoms with E-state index in [1.54, 1.807) is 6.07 Å². The summed E-state index contributed by atoms with van der Waals surface area (Å²) in [6.45, 7) is 20.8. The highest BCUT2D eigenvalue weighted by molar-refractivity contribution is 7.00. The Morgan fingerprint density at radius 1 is 0.486 bits per heavy atom. The topological polar surface area (TPSA) is 9.72 Å². The number of anilines is 8.